The molecule has 0 aliphatic carbocycles. The standard InChI is InChI=1S/C20H17F4N5O2/c1-12-4-5-13(31-10-17-14(21)3-2-6-25-17)7-18(12)29-9-16-15(26-19(29)30)8-28(27-16)11-20(22,23)24/h2-8H,9-11H2,1H3,(H,26,30). The molecule has 0 unspecified atom stereocenters. The summed E-state index contributed by atoms with van der Waals surface area (Å²) in [6.45, 7) is 0.420. The number of anilines is 2. The number of aromatic nitrogens is 3. The van der Waals surface area contributed by atoms with E-state index in [2.05, 4.69) is 15.4 Å². The Hall–Kier alpha value is -3.63. The number of carbonyl (C=O) groups is 1. The number of fused-ring (bicyclic) bond motifs is 1. The summed E-state index contributed by atoms with van der Waals surface area (Å²) in [6.07, 6.45) is -1.81. The van der Waals surface area contributed by atoms with E-state index in [9.17, 15) is 22.4 Å². The number of nitrogens with one attached hydrogen (secondary N) is 1. The summed E-state index contributed by atoms with van der Waals surface area (Å²) >= 11 is 0. The molecule has 1 aromatic carbocycles. The van der Waals surface area contributed by atoms with Gasteiger partial charge in [-0.3, -0.25) is 14.6 Å². The summed E-state index contributed by atoms with van der Waals surface area (Å²) in [6, 6.07) is 7.25. The molecule has 0 saturated heterocycles. The molecule has 2 amide bonds. The minimum Gasteiger partial charge on any atom is -0.487 e. The van der Waals surface area contributed by atoms with Gasteiger partial charge in [0.1, 0.15) is 36.1 Å². The minimum atomic E-state index is -4.42. The van der Waals surface area contributed by atoms with Crippen LogP contribution in [0.3, 0.4) is 0 Å². The molecule has 0 atom stereocenters. The molecule has 11 heteroatoms. The first-order valence-corrected chi connectivity index (χ1v) is 9.24. The number of rotatable bonds is 5. The molecule has 4 rings (SSSR count). The minimum absolute atomic E-state index is 0.00874. The molecule has 7 nitrogen and oxygen atoms in total. The maximum atomic E-state index is 13.7. The van der Waals surface area contributed by atoms with Gasteiger partial charge in [0.2, 0.25) is 0 Å². The molecule has 2 aromatic heterocycles. The third-order valence-electron chi connectivity index (χ3n) is 4.66. The van der Waals surface area contributed by atoms with Gasteiger partial charge in [0.15, 0.2) is 0 Å². The number of alkyl halides is 3. The van der Waals surface area contributed by atoms with E-state index >= 15 is 0 Å². The fourth-order valence-electron chi connectivity index (χ4n) is 3.19. The van der Waals surface area contributed by atoms with E-state index in [-0.39, 0.29) is 24.5 Å². The van der Waals surface area contributed by atoms with Gasteiger partial charge in [-0.2, -0.15) is 18.3 Å². The van der Waals surface area contributed by atoms with Crippen LogP contribution in [0, 0.1) is 12.7 Å². The van der Waals surface area contributed by atoms with Crippen molar-refractivity contribution in [2.24, 2.45) is 0 Å². The quantitative estimate of drug-likeness (QED) is 0.603. The zero-order chi connectivity index (χ0) is 22.2. The van der Waals surface area contributed by atoms with Gasteiger partial charge in [-0.15, -0.1) is 0 Å². The second kappa shape index (κ2) is 7.89. The van der Waals surface area contributed by atoms with Gasteiger partial charge in [-0.05, 0) is 30.7 Å². The van der Waals surface area contributed by atoms with Crippen molar-refractivity contribution in [1.29, 1.82) is 0 Å². The van der Waals surface area contributed by atoms with Crippen molar-refractivity contribution in [3.63, 3.8) is 0 Å². The van der Waals surface area contributed by atoms with Crippen LogP contribution in [0.15, 0.2) is 42.7 Å². The zero-order valence-electron chi connectivity index (χ0n) is 16.3. The fraction of sp³-hybridized carbons (Fsp3) is 0.250. The molecule has 0 bridgehead atoms. The third-order valence-corrected chi connectivity index (χ3v) is 4.66. The van der Waals surface area contributed by atoms with Crippen molar-refractivity contribution in [2.45, 2.75) is 32.8 Å². The second-order valence-electron chi connectivity index (χ2n) is 6.99. The molecule has 31 heavy (non-hydrogen) atoms. The number of urea groups is 1. The first-order valence-electron chi connectivity index (χ1n) is 9.24. The number of aryl methyl sites for hydroxylation is 1. The molecule has 1 aliphatic rings. The van der Waals surface area contributed by atoms with Crippen LogP contribution in [-0.4, -0.2) is 27.0 Å². The van der Waals surface area contributed by atoms with E-state index in [1.807, 2.05) is 0 Å². The molecule has 0 spiro atoms. The lowest BCUT2D eigenvalue weighted by molar-refractivity contribution is -0.142. The maximum Gasteiger partial charge on any atom is 0.408 e. The number of nitrogens with zero attached hydrogens (tertiary/aromatic N) is 4. The number of pyridine rings is 1. The Kier molecular flexibility index (Phi) is 5.25. The number of halogens is 4. The molecule has 3 heterocycles. The van der Waals surface area contributed by atoms with Crippen molar-refractivity contribution < 1.29 is 27.1 Å². The van der Waals surface area contributed by atoms with Gasteiger partial charge in [-0.25, -0.2) is 9.18 Å². The van der Waals surface area contributed by atoms with Crippen molar-refractivity contribution in [3.8, 4) is 5.75 Å². The average molecular weight is 435 g/mol. The SMILES string of the molecule is Cc1ccc(OCc2ncccc2F)cc1N1Cc2nn(CC(F)(F)F)cc2NC1=O. The predicted molar refractivity (Wildman–Crippen MR) is 103 cm³/mol. The van der Waals surface area contributed by atoms with Crippen LogP contribution in [0.1, 0.15) is 17.0 Å². The highest BCUT2D eigenvalue weighted by atomic mass is 19.4. The summed E-state index contributed by atoms with van der Waals surface area (Å²) < 4.78 is 58.0. The van der Waals surface area contributed by atoms with Crippen molar-refractivity contribution in [2.75, 3.05) is 10.2 Å². The maximum absolute atomic E-state index is 13.7. The van der Waals surface area contributed by atoms with Crippen molar-refractivity contribution in [3.05, 3.63) is 65.5 Å². The molecule has 3 aromatic rings. The van der Waals surface area contributed by atoms with Crippen molar-refractivity contribution >= 4 is 17.4 Å². The van der Waals surface area contributed by atoms with Gasteiger partial charge in [0.25, 0.3) is 0 Å². The van der Waals surface area contributed by atoms with E-state index < -0.39 is 24.6 Å². The zero-order valence-corrected chi connectivity index (χ0v) is 16.3. The summed E-state index contributed by atoms with van der Waals surface area (Å²) in [4.78, 5) is 17.9. The molecule has 0 radical (unpaired) electrons. The fourth-order valence-corrected chi connectivity index (χ4v) is 3.19. The molecule has 162 valence electrons. The highest BCUT2D eigenvalue weighted by molar-refractivity contribution is 6.04. The van der Waals surface area contributed by atoms with Gasteiger partial charge in [-0.1, -0.05) is 6.07 Å². The number of carbonyl (C=O) groups excluding carboxylic acids is 1. The number of benzene rings is 1. The second-order valence-corrected chi connectivity index (χ2v) is 6.99. The molecular weight excluding hydrogens is 418 g/mol. The number of amides is 2. The highest BCUT2D eigenvalue weighted by Gasteiger charge is 2.32. The Bertz CT molecular complexity index is 1130. The molecular formula is C20H17F4N5O2. The van der Waals surface area contributed by atoms with Gasteiger partial charge in [0.05, 0.1) is 17.9 Å². The van der Waals surface area contributed by atoms with Gasteiger partial charge >= 0.3 is 12.2 Å². The Morgan fingerprint density at radius 1 is 1.26 bits per heavy atom. The topological polar surface area (TPSA) is 72.3 Å². The average Bonchev–Trinajstić information content (AvgIpc) is 3.07. The van der Waals surface area contributed by atoms with Gasteiger partial charge < -0.3 is 10.1 Å². The number of ether oxygens (including phenoxy) is 1. The summed E-state index contributed by atoms with van der Waals surface area (Å²) in [7, 11) is 0. The Labute approximate surface area is 174 Å². The summed E-state index contributed by atoms with van der Waals surface area (Å²) in [5.41, 5.74) is 1.92. The smallest absolute Gasteiger partial charge is 0.408 e. The van der Waals surface area contributed by atoms with E-state index in [1.54, 1.807) is 25.1 Å². The summed E-state index contributed by atoms with van der Waals surface area (Å²) in [5, 5.41) is 6.51. The normalized spacial score (nSPS) is 13.7. The van der Waals surface area contributed by atoms with Crippen LogP contribution >= 0.6 is 0 Å². The lowest BCUT2D eigenvalue weighted by Crippen LogP contribution is -2.38. The van der Waals surface area contributed by atoms with Crippen LogP contribution in [-0.2, 0) is 19.7 Å². The molecule has 0 fully saturated rings. The van der Waals surface area contributed by atoms with Crippen LogP contribution in [0.25, 0.3) is 0 Å². The predicted octanol–water partition coefficient (Wildman–Crippen LogP) is 4.42. The van der Waals surface area contributed by atoms with Crippen LogP contribution < -0.4 is 15.0 Å². The van der Waals surface area contributed by atoms with E-state index in [0.29, 0.717) is 17.1 Å². The largest absolute Gasteiger partial charge is 0.487 e. The van der Waals surface area contributed by atoms with E-state index in [1.165, 1.54) is 23.2 Å². The molecule has 1 aliphatic heterocycles. The molecule has 1 N–H and O–H groups in total. The third kappa shape index (κ3) is 4.60. The lowest BCUT2D eigenvalue weighted by atomic mass is 10.1. The molecule has 0 saturated carbocycles. The van der Waals surface area contributed by atoms with Gasteiger partial charge in [0, 0.05) is 18.5 Å². The highest BCUT2D eigenvalue weighted by Crippen LogP contribution is 2.32. The Balaban J connectivity index is 1.54. The van der Waals surface area contributed by atoms with Crippen molar-refractivity contribution in [1.82, 2.24) is 14.8 Å². The number of hydrogen-bond acceptors (Lipinski definition) is 4. The number of hydrogen-bond donors (Lipinski definition) is 1. The van der Waals surface area contributed by atoms with Crippen LogP contribution in [0.4, 0.5) is 33.7 Å². The summed E-state index contributed by atoms with van der Waals surface area (Å²) in [5.74, 6) is -0.112. The van der Waals surface area contributed by atoms with Crippen LogP contribution in [0.2, 0.25) is 0 Å². The van der Waals surface area contributed by atoms with E-state index in [0.717, 1.165) is 16.4 Å². The first kappa shape index (κ1) is 20.6. The Morgan fingerprint density at radius 2 is 2.06 bits per heavy atom. The lowest BCUT2D eigenvalue weighted by Gasteiger charge is -2.28. The van der Waals surface area contributed by atoms with E-state index in [4.69, 9.17) is 4.74 Å². The Morgan fingerprint density at radius 3 is 2.81 bits per heavy atom. The first-order chi connectivity index (χ1) is 14.7. The monoisotopic (exact) mass is 435 g/mol. The van der Waals surface area contributed by atoms with Crippen LogP contribution in [0.5, 0.6) is 5.75 Å².